The molecule has 1 atom stereocenters. The molecule has 3 rings (SSSR count). The minimum Gasteiger partial charge on any atom is -0.241 e. The van der Waals surface area contributed by atoms with Crippen LogP contribution in [-0.2, 0) is 12.8 Å². The van der Waals surface area contributed by atoms with Crippen molar-refractivity contribution in [2.75, 3.05) is 0 Å². The van der Waals surface area contributed by atoms with Crippen molar-refractivity contribution in [3.8, 4) is 10.6 Å². The Hall–Kier alpha value is -0.670. The number of hydrogen-bond acceptors (Lipinski definition) is 2. The third kappa shape index (κ3) is 2.39. The molecule has 0 aliphatic heterocycles. The van der Waals surface area contributed by atoms with Gasteiger partial charge in [0.05, 0.1) is 5.69 Å². The molecular weight excluding hydrogens is 306 g/mol. The largest absolute Gasteiger partial charge is 0.241 e. The van der Waals surface area contributed by atoms with E-state index < -0.39 is 0 Å². The molecule has 1 aliphatic rings. The highest BCUT2D eigenvalue weighted by molar-refractivity contribution is 9.10. The first-order valence-electron chi connectivity index (χ1n) is 6.50. The molecule has 1 unspecified atom stereocenters. The van der Waals surface area contributed by atoms with E-state index >= 15 is 0 Å². The molecule has 0 saturated carbocycles. The van der Waals surface area contributed by atoms with Gasteiger partial charge in [0.15, 0.2) is 0 Å². The van der Waals surface area contributed by atoms with E-state index in [1.165, 1.54) is 46.8 Å². The highest BCUT2D eigenvalue weighted by Crippen LogP contribution is 2.35. The summed E-state index contributed by atoms with van der Waals surface area (Å²) in [4.78, 5) is 6.34. The van der Waals surface area contributed by atoms with E-state index in [1.54, 1.807) is 0 Å². The van der Waals surface area contributed by atoms with Crippen molar-refractivity contribution in [1.29, 1.82) is 0 Å². The van der Waals surface area contributed by atoms with Gasteiger partial charge in [-0.3, -0.25) is 0 Å². The second-order valence-corrected chi connectivity index (χ2v) is 6.91. The quantitative estimate of drug-likeness (QED) is 0.751. The Morgan fingerprint density at radius 1 is 1.33 bits per heavy atom. The number of aromatic nitrogens is 1. The summed E-state index contributed by atoms with van der Waals surface area (Å²) in [6.07, 6.45) is 5.01. The van der Waals surface area contributed by atoms with E-state index in [4.69, 9.17) is 4.98 Å². The molecule has 0 fully saturated rings. The van der Waals surface area contributed by atoms with Crippen LogP contribution in [0.5, 0.6) is 0 Å². The van der Waals surface area contributed by atoms with Crippen LogP contribution >= 0.6 is 27.3 Å². The predicted molar refractivity (Wildman–Crippen MR) is 81.1 cm³/mol. The summed E-state index contributed by atoms with van der Waals surface area (Å²) in [6.45, 7) is 2.30. The maximum absolute atomic E-state index is 4.82. The molecule has 0 radical (unpaired) electrons. The molecular formula is C15H16BrNS. The smallest absolute Gasteiger partial charge is 0.123 e. The molecule has 0 saturated heterocycles. The molecule has 0 amide bonds. The summed E-state index contributed by atoms with van der Waals surface area (Å²) < 4.78 is 1.12. The van der Waals surface area contributed by atoms with Gasteiger partial charge < -0.3 is 0 Å². The van der Waals surface area contributed by atoms with Gasteiger partial charge in [0.1, 0.15) is 5.01 Å². The Bertz CT molecular complexity index is 544. The number of thiazole rings is 1. The number of halogens is 1. The predicted octanol–water partition coefficient (Wildman–Crippen LogP) is 5.09. The van der Waals surface area contributed by atoms with Crippen LogP contribution in [0.2, 0.25) is 0 Å². The number of fused-ring (bicyclic) bond motifs is 1. The summed E-state index contributed by atoms with van der Waals surface area (Å²) in [6, 6.07) is 8.46. The van der Waals surface area contributed by atoms with Crippen LogP contribution in [0.25, 0.3) is 10.6 Å². The molecule has 1 aromatic carbocycles. The average Bonchev–Trinajstić information content (AvgIpc) is 2.82. The van der Waals surface area contributed by atoms with Crippen molar-refractivity contribution >= 4 is 27.3 Å². The van der Waals surface area contributed by atoms with E-state index in [1.807, 2.05) is 11.3 Å². The van der Waals surface area contributed by atoms with Gasteiger partial charge in [0, 0.05) is 14.9 Å². The molecule has 2 aromatic rings. The van der Waals surface area contributed by atoms with E-state index in [9.17, 15) is 0 Å². The van der Waals surface area contributed by atoms with Crippen LogP contribution in [0.3, 0.4) is 0 Å². The van der Waals surface area contributed by atoms with Gasteiger partial charge in [-0.25, -0.2) is 4.98 Å². The third-order valence-corrected chi connectivity index (χ3v) is 5.41. The number of nitrogens with zero attached hydrogens (tertiary/aromatic N) is 1. The Morgan fingerprint density at radius 2 is 2.11 bits per heavy atom. The molecule has 0 bridgehead atoms. The molecule has 1 aromatic heterocycles. The molecule has 18 heavy (non-hydrogen) atoms. The molecule has 0 spiro atoms. The van der Waals surface area contributed by atoms with Crippen LogP contribution < -0.4 is 0 Å². The fraction of sp³-hybridized carbons (Fsp3) is 0.400. The average molecular weight is 322 g/mol. The Balaban J connectivity index is 1.91. The van der Waals surface area contributed by atoms with Gasteiger partial charge in [0.2, 0.25) is 0 Å². The SMILES string of the molecule is CCC1CCc2nc(-c3ccc(Br)cc3)sc2C1. The van der Waals surface area contributed by atoms with Gasteiger partial charge in [-0.2, -0.15) is 0 Å². The number of rotatable bonds is 2. The van der Waals surface area contributed by atoms with Crippen molar-refractivity contribution in [2.45, 2.75) is 32.6 Å². The highest BCUT2D eigenvalue weighted by atomic mass is 79.9. The van der Waals surface area contributed by atoms with Crippen molar-refractivity contribution in [1.82, 2.24) is 4.98 Å². The van der Waals surface area contributed by atoms with Crippen molar-refractivity contribution in [3.05, 3.63) is 39.3 Å². The zero-order chi connectivity index (χ0) is 12.5. The van der Waals surface area contributed by atoms with Crippen LogP contribution in [0.1, 0.15) is 30.3 Å². The van der Waals surface area contributed by atoms with Crippen molar-refractivity contribution < 1.29 is 0 Å². The maximum atomic E-state index is 4.82. The zero-order valence-corrected chi connectivity index (χ0v) is 12.9. The maximum Gasteiger partial charge on any atom is 0.123 e. The first-order chi connectivity index (χ1) is 8.76. The topological polar surface area (TPSA) is 12.9 Å². The van der Waals surface area contributed by atoms with Crippen LogP contribution in [0, 0.1) is 5.92 Å². The second kappa shape index (κ2) is 5.14. The van der Waals surface area contributed by atoms with Crippen molar-refractivity contribution in [3.63, 3.8) is 0 Å². The van der Waals surface area contributed by atoms with Crippen LogP contribution in [-0.4, -0.2) is 4.98 Å². The van der Waals surface area contributed by atoms with Gasteiger partial charge in [0.25, 0.3) is 0 Å². The number of aryl methyl sites for hydroxylation is 1. The molecule has 3 heteroatoms. The number of benzene rings is 1. The summed E-state index contributed by atoms with van der Waals surface area (Å²) in [5.74, 6) is 0.871. The fourth-order valence-corrected chi connectivity index (χ4v) is 4.00. The van der Waals surface area contributed by atoms with Gasteiger partial charge in [-0.15, -0.1) is 11.3 Å². The lowest BCUT2D eigenvalue weighted by molar-refractivity contribution is 0.446. The lowest BCUT2D eigenvalue weighted by atomic mass is 9.89. The monoisotopic (exact) mass is 321 g/mol. The Labute approximate surface area is 120 Å². The minimum atomic E-state index is 0.871. The van der Waals surface area contributed by atoms with Crippen molar-refractivity contribution in [2.24, 2.45) is 5.92 Å². The molecule has 1 heterocycles. The normalized spacial score (nSPS) is 18.7. The fourth-order valence-electron chi connectivity index (χ4n) is 2.51. The third-order valence-electron chi connectivity index (χ3n) is 3.71. The standard InChI is InChI=1S/C15H16BrNS/c1-2-10-3-8-13-14(9-10)18-15(17-13)11-4-6-12(16)7-5-11/h4-7,10H,2-3,8-9H2,1H3. The first-order valence-corrected chi connectivity index (χ1v) is 8.11. The van der Waals surface area contributed by atoms with Gasteiger partial charge in [-0.1, -0.05) is 41.4 Å². The molecule has 1 nitrogen and oxygen atoms in total. The lowest BCUT2D eigenvalue weighted by Gasteiger charge is -2.18. The molecule has 94 valence electrons. The zero-order valence-electron chi connectivity index (χ0n) is 10.4. The van der Waals surface area contributed by atoms with Crippen LogP contribution in [0.4, 0.5) is 0 Å². The van der Waals surface area contributed by atoms with E-state index in [2.05, 4.69) is 47.1 Å². The van der Waals surface area contributed by atoms with E-state index in [0.29, 0.717) is 0 Å². The molecule has 0 N–H and O–H groups in total. The van der Waals surface area contributed by atoms with Gasteiger partial charge in [-0.05, 0) is 37.3 Å². The molecule has 1 aliphatic carbocycles. The van der Waals surface area contributed by atoms with E-state index in [-0.39, 0.29) is 0 Å². The van der Waals surface area contributed by atoms with Crippen LogP contribution in [0.15, 0.2) is 28.7 Å². The lowest BCUT2D eigenvalue weighted by Crippen LogP contribution is -2.11. The summed E-state index contributed by atoms with van der Waals surface area (Å²) in [5.41, 5.74) is 2.59. The Morgan fingerprint density at radius 3 is 2.83 bits per heavy atom. The van der Waals surface area contributed by atoms with Gasteiger partial charge >= 0.3 is 0 Å². The summed E-state index contributed by atoms with van der Waals surface area (Å²) in [7, 11) is 0. The second-order valence-electron chi connectivity index (χ2n) is 4.91. The van der Waals surface area contributed by atoms with E-state index in [0.717, 1.165) is 10.4 Å². The number of hydrogen-bond donors (Lipinski definition) is 0. The highest BCUT2D eigenvalue weighted by Gasteiger charge is 2.21. The first kappa shape index (κ1) is 12.4. The summed E-state index contributed by atoms with van der Waals surface area (Å²) in [5, 5.41) is 1.18. The minimum absolute atomic E-state index is 0.871. The summed E-state index contributed by atoms with van der Waals surface area (Å²) >= 11 is 5.36. The Kier molecular flexibility index (Phi) is 3.53.